The van der Waals surface area contributed by atoms with Gasteiger partial charge in [-0.05, 0) is 30.0 Å². The number of nitrogens with zero attached hydrogens (tertiary/aromatic N) is 3. The summed E-state index contributed by atoms with van der Waals surface area (Å²) in [5.41, 5.74) is -7.07. The zero-order valence-corrected chi connectivity index (χ0v) is 14.5. The van der Waals surface area contributed by atoms with Crippen LogP contribution in [-0.4, -0.2) is 15.3 Å². The molecule has 0 aliphatic carbocycles. The first kappa shape index (κ1) is 20.5. The summed E-state index contributed by atoms with van der Waals surface area (Å²) in [4.78, 5) is -0.568. The molecule has 26 heavy (non-hydrogen) atoms. The van der Waals surface area contributed by atoms with Gasteiger partial charge in [-0.25, -0.2) is 4.68 Å². The first-order chi connectivity index (χ1) is 11.9. The number of hydrogen-bond donors (Lipinski definition) is 0. The topological polar surface area (TPSA) is 41.6 Å². The SMILES string of the molecule is C=Cc1c(SC(F)(F)F)c(C#N)nn1-c1c(Cl)cc(C(F)(F)F)cc1Cl. The van der Waals surface area contributed by atoms with E-state index in [9.17, 15) is 26.3 Å². The molecule has 2 rings (SSSR count). The fourth-order valence-corrected chi connectivity index (χ4v) is 3.32. The highest BCUT2D eigenvalue weighted by molar-refractivity contribution is 8.00. The van der Waals surface area contributed by atoms with Gasteiger partial charge in [0.05, 0.1) is 26.2 Å². The van der Waals surface area contributed by atoms with E-state index in [1.807, 2.05) is 0 Å². The second-order valence-electron chi connectivity index (χ2n) is 4.62. The third-order valence-corrected chi connectivity index (χ3v) is 4.36. The van der Waals surface area contributed by atoms with E-state index in [1.54, 1.807) is 0 Å². The molecule has 0 spiro atoms. The van der Waals surface area contributed by atoms with E-state index in [4.69, 9.17) is 28.5 Å². The lowest BCUT2D eigenvalue weighted by Crippen LogP contribution is -2.08. The van der Waals surface area contributed by atoms with Gasteiger partial charge in [0, 0.05) is 0 Å². The number of thioether (sulfide) groups is 1. The molecule has 0 N–H and O–H groups in total. The lowest BCUT2D eigenvalue weighted by molar-refractivity contribution is -0.137. The lowest BCUT2D eigenvalue weighted by Gasteiger charge is -2.14. The molecule has 0 radical (unpaired) electrons. The maximum Gasteiger partial charge on any atom is 0.446 e. The average Bonchev–Trinajstić information content (AvgIpc) is 2.81. The normalized spacial score (nSPS) is 12.1. The van der Waals surface area contributed by atoms with Crippen LogP contribution in [0.4, 0.5) is 26.3 Å². The highest BCUT2D eigenvalue weighted by Gasteiger charge is 2.35. The number of nitriles is 1. The lowest BCUT2D eigenvalue weighted by atomic mass is 10.2. The minimum Gasteiger partial charge on any atom is -0.228 e. The van der Waals surface area contributed by atoms with Gasteiger partial charge < -0.3 is 0 Å². The van der Waals surface area contributed by atoms with Crippen LogP contribution in [0.2, 0.25) is 10.0 Å². The maximum absolute atomic E-state index is 12.8. The van der Waals surface area contributed by atoms with Gasteiger partial charge in [-0.3, -0.25) is 0 Å². The third kappa shape index (κ3) is 4.11. The van der Waals surface area contributed by atoms with Crippen molar-refractivity contribution in [3.63, 3.8) is 0 Å². The Labute approximate surface area is 156 Å². The van der Waals surface area contributed by atoms with Gasteiger partial charge in [0.1, 0.15) is 11.8 Å². The Bertz CT molecular complexity index is 888. The van der Waals surface area contributed by atoms with Crippen LogP contribution in [0.25, 0.3) is 11.8 Å². The Balaban J connectivity index is 2.74. The molecular formula is C14H5Cl2F6N3S. The Kier molecular flexibility index (Phi) is 5.56. The van der Waals surface area contributed by atoms with Crippen LogP contribution in [0.15, 0.2) is 23.6 Å². The van der Waals surface area contributed by atoms with Crippen LogP contribution in [-0.2, 0) is 6.18 Å². The molecule has 0 fully saturated rings. The molecule has 2 aromatic rings. The molecule has 0 aliphatic rings. The molecule has 3 nitrogen and oxygen atoms in total. The molecule has 138 valence electrons. The van der Waals surface area contributed by atoms with Crippen LogP contribution >= 0.6 is 35.0 Å². The van der Waals surface area contributed by atoms with E-state index in [2.05, 4.69) is 11.7 Å². The van der Waals surface area contributed by atoms with E-state index in [1.165, 1.54) is 6.07 Å². The molecule has 1 aromatic carbocycles. The van der Waals surface area contributed by atoms with Crippen molar-refractivity contribution in [2.24, 2.45) is 0 Å². The summed E-state index contributed by atoms with van der Waals surface area (Å²) >= 11 is 11.1. The van der Waals surface area contributed by atoms with Gasteiger partial charge in [-0.2, -0.15) is 36.7 Å². The Morgan fingerprint density at radius 3 is 2.08 bits per heavy atom. The number of hydrogen-bond acceptors (Lipinski definition) is 3. The predicted octanol–water partition coefficient (Wildman–Crippen LogP) is 6.32. The molecule has 0 atom stereocenters. The number of alkyl halides is 6. The highest BCUT2D eigenvalue weighted by atomic mass is 35.5. The average molecular weight is 432 g/mol. The molecule has 0 amide bonds. The van der Waals surface area contributed by atoms with Crippen molar-refractivity contribution in [1.29, 1.82) is 5.26 Å². The van der Waals surface area contributed by atoms with Crippen LogP contribution in [0.5, 0.6) is 0 Å². The van der Waals surface area contributed by atoms with E-state index in [0.717, 1.165) is 10.8 Å². The molecule has 12 heteroatoms. The summed E-state index contributed by atoms with van der Waals surface area (Å²) in [7, 11) is 0. The van der Waals surface area contributed by atoms with Gasteiger partial charge in [-0.15, -0.1) is 0 Å². The zero-order valence-electron chi connectivity index (χ0n) is 12.2. The first-order valence-electron chi connectivity index (χ1n) is 6.37. The van der Waals surface area contributed by atoms with Crippen LogP contribution < -0.4 is 0 Å². The minimum absolute atomic E-state index is 0.285. The zero-order chi connectivity index (χ0) is 19.9. The van der Waals surface area contributed by atoms with Crippen molar-refractivity contribution >= 4 is 41.0 Å². The summed E-state index contributed by atoms with van der Waals surface area (Å²) < 4.78 is 77.4. The summed E-state index contributed by atoms with van der Waals surface area (Å²) in [6.07, 6.45) is -3.77. The number of halogens is 8. The van der Waals surface area contributed by atoms with E-state index in [0.29, 0.717) is 12.1 Å². The second kappa shape index (κ2) is 7.06. The van der Waals surface area contributed by atoms with Gasteiger partial charge in [-0.1, -0.05) is 29.8 Å². The number of benzene rings is 1. The van der Waals surface area contributed by atoms with Crippen molar-refractivity contribution in [2.75, 3.05) is 0 Å². The molecule has 0 unspecified atom stereocenters. The van der Waals surface area contributed by atoms with Crippen molar-refractivity contribution in [2.45, 2.75) is 16.6 Å². The van der Waals surface area contributed by atoms with Crippen molar-refractivity contribution in [3.8, 4) is 11.8 Å². The molecule has 0 saturated carbocycles. The van der Waals surface area contributed by atoms with Crippen LogP contribution in [0.1, 0.15) is 17.0 Å². The van der Waals surface area contributed by atoms with Crippen LogP contribution in [0.3, 0.4) is 0 Å². The summed E-state index contributed by atoms with van der Waals surface area (Å²) in [6, 6.07) is 2.60. The van der Waals surface area contributed by atoms with Crippen LogP contribution in [0, 0.1) is 11.3 Å². The summed E-state index contributed by atoms with van der Waals surface area (Å²) in [5.74, 6) is 0. The Morgan fingerprint density at radius 1 is 1.15 bits per heavy atom. The van der Waals surface area contributed by atoms with E-state index >= 15 is 0 Å². The summed E-state index contributed by atoms with van der Waals surface area (Å²) in [5, 5.41) is 11.7. The number of rotatable bonds is 3. The molecule has 1 aromatic heterocycles. The summed E-state index contributed by atoms with van der Waals surface area (Å²) in [6.45, 7) is 3.35. The fourth-order valence-electron chi connectivity index (χ4n) is 1.99. The Hall–Kier alpha value is -1.83. The minimum atomic E-state index is -4.73. The molecule has 0 bridgehead atoms. The van der Waals surface area contributed by atoms with Gasteiger partial charge in [0.15, 0.2) is 5.69 Å². The quantitative estimate of drug-likeness (QED) is 0.421. The Morgan fingerprint density at radius 2 is 1.69 bits per heavy atom. The van der Waals surface area contributed by atoms with Gasteiger partial charge >= 0.3 is 11.7 Å². The third-order valence-electron chi connectivity index (χ3n) is 2.95. The standard InChI is InChI=1S/C14H5Cl2F6N3S/c1-2-10-12(26-14(20,21)22)9(5-23)24-25(10)11-7(15)3-6(4-8(11)16)13(17,18)19/h2-4H,1H2. The highest BCUT2D eigenvalue weighted by Crippen LogP contribution is 2.43. The maximum atomic E-state index is 12.8. The molecular weight excluding hydrogens is 427 g/mol. The van der Waals surface area contributed by atoms with Crippen molar-refractivity contribution in [3.05, 3.63) is 45.7 Å². The van der Waals surface area contributed by atoms with Gasteiger partial charge in [0.2, 0.25) is 0 Å². The largest absolute Gasteiger partial charge is 0.446 e. The molecule has 0 aliphatic heterocycles. The van der Waals surface area contributed by atoms with Crippen molar-refractivity contribution < 1.29 is 26.3 Å². The molecule has 0 saturated heterocycles. The predicted molar refractivity (Wildman–Crippen MR) is 85.3 cm³/mol. The van der Waals surface area contributed by atoms with E-state index < -0.39 is 49.6 Å². The van der Waals surface area contributed by atoms with E-state index in [-0.39, 0.29) is 11.4 Å². The smallest absolute Gasteiger partial charge is 0.228 e. The fraction of sp³-hybridized carbons (Fsp3) is 0.143. The van der Waals surface area contributed by atoms with Gasteiger partial charge in [0.25, 0.3) is 0 Å². The second-order valence-corrected chi connectivity index (χ2v) is 6.51. The number of aromatic nitrogens is 2. The van der Waals surface area contributed by atoms with Crippen molar-refractivity contribution in [1.82, 2.24) is 9.78 Å². The monoisotopic (exact) mass is 431 g/mol. The first-order valence-corrected chi connectivity index (χ1v) is 7.94. The molecule has 1 heterocycles.